The lowest BCUT2D eigenvalue weighted by molar-refractivity contribution is -0.134. The number of carbonyl (C=O) groups is 2. The molecule has 1 aliphatic carbocycles. The highest BCUT2D eigenvalue weighted by molar-refractivity contribution is 7.77. The second kappa shape index (κ2) is 6.97. The number of nitrogens with zero attached hydrogens (tertiary/aromatic N) is 2. The first-order valence-corrected chi connectivity index (χ1v) is 11.0. The van der Waals surface area contributed by atoms with Crippen LogP contribution < -0.4 is 4.72 Å². The molecule has 156 valence electrons. The summed E-state index contributed by atoms with van der Waals surface area (Å²) in [5.74, 6) is -0.304. The molecule has 0 radical (unpaired) electrons. The number of fused-ring (bicyclic) bond motifs is 2. The lowest BCUT2D eigenvalue weighted by Crippen LogP contribution is -2.40. The molecule has 1 spiro atoms. The van der Waals surface area contributed by atoms with E-state index in [9.17, 15) is 13.8 Å². The Hall–Kier alpha value is -2.62. The quantitative estimate of drug-likeness (QED) is 0.555. The monoisotopic (exact) mass is 427 g/mol. The topological polar surface area (TPSA) is 109 Å². The molecule has 2 fully saturated rings. The number of rotatable bonds is 5. The number of hydrogen-bond donors (Lipinski definition) is 2. The number of amides is 1. The van der Waals surface area contributed by atoms with Crippen molar-refractivity contribution < 1.29 is 23.1 Å². The highest BCUT2D eigenvalue weighted by atomic mass is 32.2. The number of ether oxygens (including phenoxy) is 1. The van der Waals surface area contributed by atoms with Crippen molar-refractivity contribution in [1.82, 2.24) is 14.6 Å². The largest absolute Gasteiger partial charge is 0.449 e. The summed E-state index contributed by atoms with van der Waals surface area (Å²) in [5.41, 5.74) is 1.84. The van der Waals surface area contributed by atoms with Crippen molar-refractivity contribution in [3.05, 3.63) is 65.0 Å². The van der Waals surface area contributed by atoms with Crippen molar-refractivity contribution in [3.63, 3.8) is 0 Å². The van der Waals surface area contributed by atoms with Crippen LogP contribution >= 0.6 is 0 Å². The summed E-state index contributed by atoms with van der Waals surface area (Å²) in [7, 11) is 0. The van der Waals surface area contributed by atoms with E-state index in [1.54, 1.807) is 6.20 Å². The van der Waals surface area contributed by atoms with Gasteiger partial charge < -0.3 is 9.64 Å². The predicted molar refractivity (Wildman–Crippen MR) is 107 cm³/mol. The molecular weight excluding hydrogens is 406 g/mol. The lowest BCUT2D eigenvalue weighted by Gasteiger charge is -2.27. The standard InChI is InChI=1S/C21H21N3O5S/c25-18-16-12-22-9-5-17(16)21(29-18)8-10-24(13-21)19(26)20(6-7-20)15-3-1-14(2-4-15)11-23-30(27)28/h1-5,9,12,23H,6-8,10-11,13H2,(H,27,28). The fourth-order valence-electron chi connectivity index (χ4n) is 4.64. The van der Waals surface area contributed by atoms with Crippen LogP contribution in [0.25, 0.3) is 0 Å². The van der Waals surface area contributed by atoms with Crippen LogP contribution in [0.1, 0.15) is 46.3 Å². The molecule has 2 unspecified atom stereocenters. The van der Waals surface area contributed by atoms with Crippen LogP contribution in [-0.2, 0) is 38.4 Å². The van der Waals surface area contributed by atoms with Crippen LogP contribution in [0.3, 0.4) is 0 Å². The smallest absolute Gasteiger partial charge is 0.341 e. The average Bonchev–Trinajstić information content (AvgIpc) is 3.39. The van der Waals surface area contributed by atoms with Crippen LogP contribution in [-0.4, -0.2) is 43.6 Å². The number of nitrogens with one attached hydrogen (secondary N) is 1. The van der Waals surface area contributed by atoms with Gasteiger partial charge in [0.15, 0.2) is 5.60 Å². The molecule has 3 heterocycles. The fraction of sp³-hybridized carbons (Fsp3) is 0.381. The number of esters is 1. The molecule has 1 saturated heterocycles. The van der Waals surface area contributed by atoms with E-state index in [1.165, 1.54) is 6.20 Å². The summed E-state index contributed by atoms with van der Waals surface area (Å²) >= 11 is -2.06. The van der Waals surface area contributed by atoms with Crippen LogP contribution in [0.2, 0.25) is 0 Å². The fourth-order valence-corrected chi connectivity index (χ4v) is 4.93. The maximum Gasteiger partial charge on any atom is 0.341 e. The van der Waals surface area contributed by atoms with Crippen LogP contribution in [0.4, 0.5) is 0 Å². The Kier molecular flexibility index (Phi) is 4.49. The molecule has 2 N–H and O–H groups in total. The summed E-state index contributed by atoms with van der Waals surface area (Å²) in [6.45, 7) is 1.18. The molecule has 1 aromatic carbocycles. The molecule has 2 aliphatic heterocycles. The Morgan fingerprint density at radius 3 is 2.70 bits per heavy atom. The third-order valence-corrected chi connectivity index (χ3v) is 6.80. The Labute approximate surface area is 176 Å². The second-order valence-corrected chi connectivity index (χ2v) is 8.92. The molecule has 8 nitrogen and oxygen atoms in total. The molecule has 1 aromatic heterocycles. The minimum Gasteiger partial charge on any atom is -0.449 e. The van der Waals surface area contributed by atoms with E-state index in [2.05, 4.69) is 9.71 Å². The van der Waals surface area contributed by atoms with Gasteiger partial charge in [-0.1, -0.05) is 24.3 Å². The van der Waals surface area contributed by atoms with Gasteiger partial charge in [-0.25, -0.2) is 13.7 Å². The summed E-state index contributed by atoms with van der Waals surface area (Å²) in [6, 6.07) is 9.40. The highest BCUT2D eigenvalue weighted by Crippen LogP contribution is 2.52. The van der Waals surface area contributed by atoms with E-state index in [1.807, 2.05) is 35.2 Å². The van der Waals surface area contributed by atoms with Crippen LogP contribution in [0.15, 0.2) is 42.7 Å². The number of aromatic nitrogens is 1. The van der Waals surface area contributed by atoms with Gasteiger partial charge in [0.1, 0.15) is 0 Å². The normalized spacial score (nSPS) is 24.6. The van der Waals surface area contributed by atoms with Crippen molar-refractivity contribution in [2.75, 3.05) is 13.1 Å². The third kappa shape index (κ3) is 3.05. The van der Waals surface area contributed by atoms with Crippen LogP contribution in [0.5, 0.6) is 0 Å². The number of carbonyl (C=O) groups excluding carboxylic acids is 2. The zero-order valence-corrected chi connectivity index (χ0v) is 17.0. The third-order valence-electron chi connectivity index (χ3n) is 6.40. The molecule has 0 bridgehead atoms. The zero-order valence-electron chi connectivity index (χ0n) is 16.2. The average molecular weight is 427 g/mol. The van der Waals surface area contributed by atoms with Crippen molar-refractivity contribution in [2.24, 2.45) is 0 Å². The van der Waals surface area contributed by atoms with Gasteiger partial charge in [0, 0.05) is 37.5 Å². The second-order valence-electron chi connectivity index (χ2n) is 8.13. The Morgan fingerprint density at radius 2 is 2.00 bits per heavy atom. The number of hydrogen-bond acceptors (Lipinski definition) is 5. The molecule has 3 aliphatic rings. The van der Waals surface area contributed by atoms with Gasteiger partial charge in [0.2, 0.25) is 17.2 Å². The minimum absolute atomic E-state index is 0.0697. The maximum absolute atomic E-state index is 13.5. The predicted octanol–water partition coefficient (Wildman–Crippen LogP) is 1.64. The van der Waals surface area contributed by atoms with E-state index < -0.39 is 22.3 Å². The summed E-state index contributed by atoms with van der Waals surface area (Å²) in [6.07, 6.45) is 5.34. The van der Waals surface area contributed by atoms with E-state index in [-0.39, 0.29) is 18.4 Å². The lowest BCUT2D eigenvalue weighted by atomic mass is 9.92. The number of benzene rings is 1. The van der Waals surface area contributed by atoms with Gasteiger partial charge in [0.05, 0.1) is 17.5 Å². The van der Waals surface area contributed by atoms with Gasteiger partial charge in [0.25, 0.3) is 0 Å². The van der Waals surface area contributed by atoms with Gasteiger partial charge in [-0.15, -0.1) is 0 Å². The van der Waals surface area contributed by atoms with Gasteiger partial charge in [-0.2, -0.15) is 0 Å². The van der Waals surface area contributed by atoms with Crippen molar-refractivity contribution in [2.45, 2.75) is 36.8 Å². The molecule has 2 aromatic rings. The summed E-state index contributed by atoms with van der Waals surface area (Å²) in [4.78, 5) is 31.5. The molecule has 2 atom stereocenters. The number of pyridine rings is 1. The van der Waals surface area contributed by atoms with E-state index in [0.29, 0.717) is 25.1 Å². The SMILES string of the molecule is O=C1OC2(CCN(C(=O)C3(c4ccc(CNS(=O)O)cc4)CC3)C2)c2ccncc21. The van der Waals surface area contributed by atoms with E-state index in [4.69, 9.17) is 9.29 Å². The maximum atomic E-state index is 13.5. The Morgan fingerprint density at radius 1 is 1.23 bits per heavy atom. The summed E-state index contributed by atoms with van der Waals surface area (Å²) in [5, 5.41) is 0. The minimum atomic E-state index is -2.06. The molecular formula is C21H21N3O5S. The Balaban J connectivity index is 1.34. The van der Waals surface area contributed by atoms with Crippen LogP contribution in [0, 0.1) is 0 Å². The first-order valence-electron chi connectivity index (χ1n) is 9.85. The molecule has 9 heteroatoms. The molecule has 1 amide bonds. The zero-order chi connectivity index (χ0) is 20.9. The molecule has 30 heavy (non-hydrogen) atoms. The summed E-state index contributed by atoms with van der Waals surface area (Å²) < 4.78 is 27.8. The van der Waals surface area contributed by atoms with Gasteiger partial charge >= 0.3 is 5.97 Å². The first kappa shape index (κ1) is 19.3. The Bertz CT molecular complexity index is 1050. The number of likely N-dealkylation sites (tertiary alicyclic amines) is 1. The highest BCUT2D eigenvalue weighted by Gasteiger charge is 2.57. The van der Waals surface area contributed by atoms with Crippen molar-refractivity contribution in [1.29, 1.82) is 0 Å². The molecule has 1 saturated carbocycles. The first-order chi connectivity index (χ1) is 14.4. The van der Waals surface area contributed by atoms with Gasteiger partial charge in [-0.3, -0.25) is 14.3 Å². The van der Waals surface area contributed by atoms with E-state index >= 15 is 0 Å². The molecule has 5 rings (SSSR count). The van der Waals surface area contributed by atoms with Gasteiger partial charge in [-0.05, 0) is 30.0 Å². The van der Waals surface area contributed by atoms with Crippen molar-refractivity contribution in [3.8, 4) is 0 Å². The van der Waals surface area contributed by atoms with E-state index in [0.717, 1.165) is 29.5 Å². The van der Waals surface area contributed by atoms with Crippen molar-refractivity contribution >= 4 is 23.1 Å².